The average molecular weight is 129 g/mol. The minimum atomic E-state index is -0.853. The van der Waals surface area contributed by atoms with Crippen molar-refractivity contribution in [2.75, 3.05) is 6.61 Å². The summed E-state index contributed by atoms with van der Waals surface area (Å²) >= 11 is 0. The van der Waals surface area contributed by atoms with Crippen molar-refractivity contribution in [3.05, 3.63) is 19.6 Å². The molecule has 9 heavy (non-hydrogen) atoms. The second-order valence-electron chi connectivity index (χ2n) is 1.49. The summed E-state index contributed by atoms with van der Waals surface area (Å²) in [6.07, 6.45) is 0.177. The molecule has 0 aromatic rings. The van der Waals surface area contributed by atoms with Crippen LogP contribution in [0.15, 0.2) is 12.7 Å². The maximum absolute atomic E-state index is 10.2. The highest BCUT2D eigenvalue weighted by atomic mass is 16.5. The van der Waals surface area contributed by atoms with Crippen LogP contribution in [-0.2, 0) is 9.53 Å². The molecule has 0 saturated heterocycles. The van der Waals surface area contributed by atoms with Gasteiger partial charge in [0.05, 0.1) is 6.10 Å². The van der Waals surface area contributed by atoms with Crippen LogP contribution in [-0.4, -0.2) is 23.8 Å². The number of hydrogen-bond donors (Lipinski definition) is 1. The molecule has 1 radical (unpaired) electrons. The van der Waals surface area contributed by atoms with Crippen molar-refractivity contribution < 1.29 is 14.6 Å². The Morgan fingerprint density at radius 3 is 2.78 bits per heavy atom. The van der Waals surface area contributed by atoms with E-state index in [1.807, 2.05) is 0 Å². The first-order valence-electron chi connectivity index (χ1n) is 2.47. The normalized spacial score (nSPS) is 12.2. The van der Waals surface area contributed by atoms with Crippen LogP contribution in [0.4, 0.5) is 0 Å². The smallest absolute Gasteiger partial charge is 0.330 e. The van der Waals surface area contributed by atoms with E-state index in [4.69, 9.17) is 5.11 Å². The van der Waals surface area contributed by atoms with Crippen LogP contribution in [0, 0.1) is 6.92 Å². The zero-order chi connectivity index (χ0) is 7.28. The van der Waals surface area contributed by atoms with Crippen molar-refractivity contribution in [2.24, 2.45) is 0 Å². The Morgan fingerprint density at radius 1 is 1.89 bits per heavy atom. The Bertz CT molecular complexity index is 107. The standard InChI is InChI=1S/C6H9O3/c1-3-6(8)9-4-5(2)7/h3,5,7H,1-2,4H2. The molecule has 0 fully saturated rings. The molecule has 51 valence electrons. The molecule has 0 aliphatic rings. The van der Waals surface area contributed by atoms with Gasteiger partial charge in [0.2, 0.25) is 0 Å². The summed E-state index contributed by atoms with van der Waals surface area (Å²) in [5.41, 5.74) is 0. The lowest BCUT2D eigenvalue weighted by atomic mass is 10.4. The van der Waals surface area contributed by atoms with Gasteiger partial charge >= 0.3 is 5.97 Å². The number of ether oxygens (including phenoxy) is 1. The van der Waals surface area contributed by atoms with Crippen molar-refractivity contribution in [1.82, 2.24) is 0 Å². The van der Waals surface area contributed by atoms with Crippen molar-refractivity contribution in [3.8, 4) is 0 Å². The van der Waals surface area contributed by atoms with Gasteiger partial charge in [-0.1, -0.05) is 6.58 Å². The van der Waals surface area contributed by atoms with Crippen LogP contribution in [0.1, 0.15) is 0 Å². The van der Waals surface area contributed by atoms with E-state index < -0.39 is 12.1 Å². The molecular formula is C6H9O3. The number of hydrogen-bond acceptors (Lipinski definition) is 3. The van der Waals surface area contributed by atoms with Gasteiger partial charge in [0.1, 0.15) is 6.61 Å². The first-order valence-corrected chi connectivity index (χ1v) is 2.47. The summed E-state index contributed by atoms with van der Waals surface area (Å²) in [7, 11) is 0. The largest absolute Gasteiger partial charge is 0.460 e. The van der Waals surface area contributed by atoms with Crippen molar-refractivity contribution in [1.29, 1.82) is 0 Å². The third-order valence-electron chi connectivity index (χ3n) is 0.585. The predicted octanol–water partition coefficient (Wildman–Crippen LogP) is -0.0894. The fourth-order valence-electron chi connectivity index (χ4n) is 0.237. The Labute approximate surface area is 53.9 Å². The summed E-state index contributed by atoms with van der Waals surface area (Å²) in [4.78, 5) is 10.2. The highest BCUT2D eigenvalue weighted by molar-refractivity contribution is 5.81. The molecule has 0 aliphatic heterocycles. The molecule has 0 saturated carbocycles. The van der Waals surface area contributed by atoms with Crippen LogP contribution in [0.25, 0.3) is 0 Å². The van der Waals surface area contributed by atoms with E-state index in [-0.39, 0.29) is 6.61 Å². The van der Waals surface area contributed by atoms with E-state index in [1.165, 1.54) is 0 Å². The molecule has 0 spiro atoms. The number of aliphatic hydroxyl groups is 1. The quantitative estimate of drug-likeness (QED) is 0.428. The van der Waals surface area contributed by atoms with E-state index >= 15 is 0 Å². The number of rotatable bonds is 3. The van der Waals surface area contributed by atoms with Gasteiger partial charge in [0.15, 0.2) is 0 Å². The fourth-order valence-corrected chi connectivity index (χ4v) is 0.237. The number of carbonyl (C=O) groups is 1. The molecule has 3 nitrogen and oxygen atoms in total. The Balaban J connectivity index is 3.27. The van der Waals surface area contributed by atoms with E-state index in [1.54, 1.807) is 0 Å². The van der Waals surface area contributed by atoms with Crippen LogP contribution < -0.4 is 0 Å². The summed E-state index contributed by atoms with van der Waals surface area (Å²) in [6, 6.07) is 0. The van der Waals surface area contributed by atoms with Crippen LogP contribution >= 0.6 is 0 Å². The van der Waals surface area contributed by atoms with Gasteiger partial charge in [-0.25, -0.2) is 4.79 Å². The zero-order valence-electron chi connectivity index (χ0n) is 5.04. The maximum Gasteiger partial charge on any atom is 0.330 e. The highest BCUT2D eigenvalue weighted by Gasteiger charge is 1.98. The third kappa shape index (κ3) is 5.03. The second kappa shape index (κ2) is 4.09. The Hall–Kier alpha value is -0.830. The van der Waals surface area contributed by atoms with Crippen molar-refractivity contribution >= 4 is 5.97 Å². The zero-order valence-corrected chi connectivity index (χ0v) is 5.04. The molecule has 0 aliphatic carbocycles. The summed E-state index contributed by atoms with van der Waals surface area (Å²) in [5.74, 6) is -0.544. The molecule has 0 aromatic heterocycles. The van der Waals surface area contributed by atoms with Gasteiger partial charge < -0.3 is 9.84 Å². The van der Waals surface area contributed by atoms with Gasteiger partial charge in [0, 0.05) is 6.08 Å². The molecule has 0 amide bonds. The lowest BCUT2D eigenvalue weighted by Crippen LogP contribution is -2.13. The van der Waals surface area contributed by atoms with Gasteiger partial charge in [0.25, 0.3) is 0 Å². The van der Waals surface area contributed by atoms with Crippen molar-refractivity contribution in [3.63, 3.8) is 0 Å². The number of carbonyl (C=O) groups excluding carboxylic acids is 1. The molecule has 0 bridgehead atoms. The summed E-state index contributed by atoms with van der Waals surface area (Å²) in [5, 5.41) is 8.47. The van der Waals surface area contributed by atoms with Crippen LogP contribution in [0.2, 0.25) is 0 Å². The predicted molar refractivity (Wildman–Crippen MR) is 32.5 cm³/mol. The number of aliphatic hydroxyl groups excluding tert-OH is 1. The average Bonchev–Trinajstić information content (AvgIpc) is 1.83. The molecule has 0 heterocycles. The lowest BCUT2D eigenvalue weighted by molar-refractivity contribution is -0.139. The van der Waals surface area contributed by atoms with Gasteiger partial charge in [-0.3, -0.25) is 0 Å². The first kappa shape index (κ1) is 8.17. The SMILES string of the molecule is [CH2]C(O)COC(=O)C=C. The Kier molecular flexibility index (Phi) is 3.71. The molecule has 0 aromatic carbocycles. The third-order valence-corrected chi connectivity index (χ3v) is 0.585. The van der Waals surface area contributed by atoms with Gasteiger partial charge in [-0.2, -0.15) is 0 Å². The molecule has 1 unspecified atom stereocenters. The lowest BCUT2D eigenvalue weighted by Gasteiger charge is -2.02. The molecule has 1 N–H and O–H groups in total. The number of esters is 1. The van der Waals surface area contributed by atoms with E-state index in [9.17, 15) is 4.79 Å². The minimum absolute atomic E-state index is 0.0785. The van der Waals surface area contributed by atoms with E-state index in [0.717, 1.165) is 6.08 Å². The Morgan fingerprint density at radius 2 is 2.44 bits per heavy atom. The second-order valence-corrected chi connectivity index (χ2v) is 1.49. The van der Waals surface area contributed by atoms with E-state index in [2.05, 4.69) is 18.2 Å². The van der Waals surface area contributed by atoms with Gasteiger partial charge in [-0.15, -0.1) is 0 Å². The highest BCUT2D eigenvalue weighted by Crippen LogP contribution is 1.83. The fraction of sp³-hybridized carbons (Fsp3) is 0.333. The summed E-state index contributed by atoms with van der Waals surface area (Å²) < 4.78 is 4.38. The van der Waals surface area contributed by atoms with Crippen molar-refractivity contribution in [2.45, 2.75) is 6.10 Å². The molecule has 3 heteroatoms. The van der Waals surface area contributed by atoms with E-state index in [0.29, 0.717) is 0 Å². The topological polar surface area (TPSA) is 46.5 Å². The summed E-state index contributed by atoms with van der Waals surface area (Å²) in [6.45, 7) is 6.27. The molecule has 0 rings (SSSR count). The monoisotopic (exact) mass is 129 g/mol. The van der Waals surface area contributed by atoms with Crippen LogP contribution in [0.5, 0.6) is 0 Å². The molecule has 1 atom stereocenters. The molecular weight excluding hydrogens is 120 g/mol. The van der Waals surface area contributed by atoms with Gasteiger partial charge in [-0.05, 0) is 6.92 Å². The van der Waals surface area contributed by atoms with Crippen LogP contribution in [0.3, 0.4) is 0 Å². The maximum atomic E-state index is 10.2. The minimum Gasteiger partial charge on any atom is -0.460 e. The first-order chi connectivity index (χ1) is 4.16.